The largest absolute Gasteiger partial charge is 0.378 e. The smallest absolute Gasteiger partial charge is 0.159 e. The van der Waals surface area contributed by atoms with Crippen LogP contribution < -0.4 is 5.73 Å². The average molecular weight is 233 g/mol. The summed E-state index contributed by atoms with van der Waals surface area (Å²) in [5, 5.41) is 0.510. The number of hydrogen-bond acceptors (Lipinski definition) is 2. The molecule has 0 fully saturated rings. The summed E-state index contributed by atoms with van der Waals surface area (Å²) >= 11 is 7.01. The van der Waals surface area contributed by atoms with Gasteiger partial charge < -0.3 is 5.73 Å². The van der Waals surface area contributed by atoms with E-state index in [1.807, 2.05) is 6.92 Å². The minimum Gasteiger partial charge on any atom is -0.378 e. The number of nitrogens with two attached hydrogens (primary N) is 1. The van der Waals surface area contributed by atoms with Crippen molar-refractivity contribution in [3.63, 3.8) is 0 Å². The SMILES string of the molecule is CCSC(N)=Nc1ccc(F)c(Cl)c1. The zero-order chi connectivity index (χ0) is 10.6. The van der Waals surface area contributed by atoms with Crippen LogP contribution in [0.3, 0.4) is 0 Å². The molecule has 1 aromatic rings. The fraction of sp³-hybridized carbons (Fsp3) is 0.222. The topological polar surface area (TPSA) is 38.4 Å². The van der Waals surface area contributed by atoms with Gasteiger partial charge in [0.05, 0.1) is 10.7 Å². The lowest BCUT2D eigenvalue weighted by Crippen LogP contribution is -2.05. The maximum Gasteiger partial charge on any atom is 0.159 e. The molecule has 0 aliphatic carbocycles. The van der Waals surface area contributed by atoms with Gasteiger partial charge in [-0.2, -0.15) is 0 Å². The third kappa shape index (κ3) is 3.20. The molecule has 5 heteroatoms. The molecule has 0 bridgehead atoms. The number of halogens is 2. The minimum atomic E-state index is -0.452. The van der Waals surface area contributed by atoms with Crippen LogP contribution in [0.15, 0.2) is 23.2 Å². The van der Waals surface area contributed by atoms with Crippen molar-refractivity contribution in [3.05, 3.63) is 29.0 Å². The second-order valence-electron chi connectivity index (χ2n) is 2.48. The highest BCUT2D eigenvalue weighted by molar-refractivity contribution is 8.13. The number of rotatable bonds is 2. The molecule has 76 valence electrons. The Bertz CT molecular complexity index is 355. The van der Waals surface area contributed by atoms with Crippen LogP contribution in [0.5, 0.6) is 0 Å². The quantitative estimate of drug-likeness (QED) is 0.628. The first-order chi connectivity index (χ1) is 6.63. The Morgan fingerprint density at radius 3 is 2.93 bits per heavy atom. The van der Waals surface area contributed by atoms with Gasteiger partial charge in [-0.3, -0.25) is 0 Å². The Labute approximate surface area is 91.4 Å². The van der Waals surface area contributed by atoms with E-state index in [4.69, 9.17) is 17.3 Å². The Morgan fingerprint density at radius 1 is 1.64 bits per heavy atom. The van der Waals surface area contributed by atoms with Crippen LogP contribution in [0.2, 0.25) is 5.02 Å². The van der Waals surface area contributed by atoms with Crippen molar-refractivity contribution in [2.45, 2.75) is 6.92 Å². The molecule has 0 atom stereocenters. The summed E-state index contributed by atoms with van der Waals surface area (Å²) in [4.78, 5) is 4.06. The summed E-state index contributed by atoms with van der Waals surface area (Å²) in [6, 6.07) is 4.25. The molecule has 1 rings (SSSR count). The molecule has 2 N–H and O–H groups in total. The van der Waals surface area contributed by atoms with Gasteiger partial charge in [-0.25, -0.2) is 9.38 Å². The summed E-state index contributed by atoms with van der Waals surface area (Å²) < 4.78 is 12.8. The van der Waals surface area contributed by atoms with Crippen LogP contribution in [-0.2, 0) is 0 Å². The average Bonchev–Trinajstić information content (AvgIpc) is 2.12. The third-order valence-electron chi connectivity index (χ3n) is 1.43. The normalized spacial score (nSPS) is 11.8. The van der Waals surface area contributed by atoms with Crippen molar-refractivity contribution in [2.24, 2.45) is 10.7 Å². The van der Waals surface area contributed by atoms with E-state index in [-0.39, 0.29) is 5.02 Å². The van der Waals surface area contributed by atoms with Crippen LogP contribution in [0, 0.1) is 5.82 Å². The summed E-state index contributed by atoms with van der Waals surface area (Å²) in [5.74, 6) is 0.400. The van der Waals surface area contributed by atoms with Crippen LogP contribution in [0.4, 0.5) is 10.1 Å². The lowest BCUT2D eigenvalue weighted by Gasteiger charge is -1.99. The van der Waals surface area contributed by atoms with Crippen molar-refractivity contribution in [3.8, 4) is 0 Å². The summed E-state index contributed by atoms with van der Waals surface area (Å²) in [6.07, 6.45) is 0. The monoisotopic (exact) mass is 232 g/mol. The Hall–Kier alpha value is -0.740. The number of thioether (sulfide) groups is 1. The first-order valence-electron chi connectivity index (χ1n) is 4.05. The number of aliphatic imine (C=N–C) groups is 1. The molecule has 0 spiro atoms. The molecule has 0 heterocycles. The van der Waals surface area contributed by atoms with E-state index in [1.54, 1.807) is 0 Å². The molecule has 0 radical (unpaired) electrons. The molecule has 0 aliphatic rings. The van der Waals surface area contributed by atoms with Crippen molar-refractivity contribution in [2.75, 3.05) is 5.75 Å². The number of amidine groups is 1. The molecule has 0 unspecified atom stereocenters. The van der Waals surface area contributed by atoms with Gasteiger partial charge in [0.1, 0.15) is 5.82 Å². The maximum absolute atomic E-state index is 12.8. The lowest BCUT2D eigenvalue weighted by molar-refractivity contribution is 0.628. The number of benzene rings is 1. The van der Waals surface area contributed by atoms with Gasteiger partial charge in [0.25, 0.3) is 0 Å². The van der Waals surface area contributed by atoms with Gasteiger partial charge >= 0.3 is 0 Å². The van der Waals surface area contributed by atoms with Gasteiger partial charge in [-0.05, 0) is 24.0 Å². The van der Waals surface area contributed by atoms with E-state index in [2.05, 4.69) is 4.99 Å². The molecular formula is C9H10ClFN2S. The van der Waals surface area contributed by atoms with Gasteiger partial charge in [-0.1, -0.05) is 30.3 Å². The standard InChI is InChI=1S/C9H10ClFN2S/c1-2-14-9(12)13-6-3-4-8(11)7(10)5-6/h3-5H,2H2,1H3,(H2,12,13). The van der Waals surface area contributed by atoms with Crippen LogP contribution in [0.1, 0.15) is 6.92 Å². The minimum absolute atomic E-state index is 0.0561. The lowest BCUT2D eigenvalue weighted by atomic mass is 10.3. The number of hydrogen-bond donors (Lipinski definition) is 1. The summed E-state index contributed by atoms with van der Waals surface area (Å²) in [5.41, 5.74) is 6.15. The molecular weight excluding hydrogens is 223 g/mol. The fourth-order valence-corrected chi connectivity index (χ4v) is 1.50. The van der Waals surface area contributed by atoms with Crippen molar-refractivity contribution in [1.82, 2.24) is 0 Å². The van der Waals surface area contributed by atoms with Gasteiger partial charge in [0, 0.05) is 0 Å². The Morgan fingerprint density at radius 2 is 2.36 bits per heavy atom. The van der Waals surface area contributed by atoms with E-state index in [9.17, 15) is 4.39 Å². The summed E-state index contributed by atoms with van der Waals surface area (Å²) in [6.45, 7) is 1.98. The zero-order valence-electron chi connectivity index (χ0n) is 7.63. The van der Waals surface area contributed by atoms with E-state index in [0.29, 0.717) is 10.9 Å². The van der Waals surface area contributed by atoms with Gasteiger partial charge in [0.15, 0.2) is 5.17 Å². The van der Waals surface area contributed by atoms with Crippen molar-refractivity contribution >= 4 is 34.2 Å². The van der Waals surface area contributed by atoms with Crippen LogP contribution in [-0.4, -0.2) is 10.9 Å². The van der Waals surface area contributed by atoms with Crippen molar-refractivity contribution < 1.29 is 4.39 Å². The first kappa shape index (κ1) is 11.3. The van der Waals surface area contributed by atoms with E-state index in [0.717, 1.165) is 5.75 Å². The molecule has 0 aliphatic heterocycles. The van der Waals surface area contributed by atoms with Crippen LogP contribution in [0.25, 0.3) is 0 Å². The van der Waals surface area contributed by atoms with Gasteiger partial charge in [0.2, 0.25) is 0 Å². The first-order valence-corrected chi connectivity index (χ1v) is 5.42. The highest BCUT2D eigenvalue weighted by Crippen LogP contribution is 2.22. The second-order valence-corrected chi connectivity index (χ2v) is 4.17. The second kappa shape index (κ2) is 5.22. The molecule has 1 aromatic carbocycles. The molecule has 2 nitrogen and oxygen atoms in total. The predicted molar refractivity (Wildman–Crippen MR) is 60.8 cm³/mol. The Balaban J connectivity index is 2.87. The van der Waals surface area contributed by atoms with Gasteiger partial charge in [-0.15, -0.1) is 0 Å². The van der Waals surface area contributed by atoms with Crippen LogP contribution >= 0.6 is 23.4 Å². The zero-order valence-corrected chi connectivity index (χ0v) is 9.20. The van der Waals surface area contributed by atoms with E-state index >= 15 is 0 Å². The summed E-state index contributed by atoms with van der Waals surface area (Å²) in [7, 11) is 0. The molecule has 0 saturated carbocycles. The molecule has 0 amide bonds. The Kier molecular flexibility index (Phi) is 4.22. The highest BCUT2D eigenvalue weighted by Gasteiger charge is 2.00. The van der Waals surface area contributed by atoms with E-state index < -0.39 is 5.82 Å². The molecule has 0 aromatic heterocycles. The van der Waals surface area contributed by atoms with E-state index in [1.165, 1.54) is 30.0 Å². The number of nitrogens with zero attached hydrogens (tertiary/aromatic N) is 1. The fourth-order valence-electron chi connectivity index (χ4n) is 0.862. The highest BCUT2D eigenvalue weighted by atomic mass is 35.5. The molecule has 14 heavy (non-hydrogen) atoms. The van der Waals surface area contributed by atoms with Crippen molar-refractivity contribution in [1.29, 1.82) is 0 Å². The predicted octanol–water partition coefficient (Wildman–Crippen LogP) is 3.18. The third-order valence-corrected chi connectivity index (χ3v) is 2.40. The molecule has 0 saturated heterocycles. The maximum atomic E-state index is 12.8.